The van der Waals surface area contributed by atoms with Crippen molar-refractivity contribution in [1.29, 1.82) is 0 Å². The fraction of sp³-hybridized carbons (Fsp3) is 1.00. The van der Waals surface area contributed by atoms with Crippen LogP contribution in [0.15, 0.2) is 0 Å². The van der Waals surface area contributed by atoms with Crippen molar-refractivity contribution >= 4 is 0 Å². The molecule has 1 nitrogen and oxygen atoms in total. The third-order valence-electron chi connectivity index (χ3n) is 10.2. The van der Waals surface area contributed by atoms with Gasteiger partial charge in [-0.05, 0) is 112 Å². The Labute approximate surface area is 169 Å². The van der Waals surface area contributed by atoms with Gasteiger partial charge in [-0.25, -0.2) is 0 Å². The number of hydrogen-bond donors (Lipinski definition) is 0. The van der Waals surface area contributed by atoms with Crippen molar-refractivity contribution in [2.75, 3.05) is 7.11 Å². The number of ether oxygens (including phenoxy) is 1. The largest absolute Gasteiger partial charge is 0.391 e. The Morgan fingerprint density at radius 2 is 1.61 bits per heavy atom. The van der Waals surface area contributed by atoms with Crippen LogP contribution in [0.5, 0.6) is 0 Å². The summed E-state index contributed by atoms with van der Waals surface area (Å²) in [5, 5.41) is 0. The van der Waals surface area contributed by atoms with Gasteiger partial charge in [0.1, 0.15) is 0 Å². The van der Waals surface area contributed by atoms with Gasteiger partial charge in [0, 0.05) is 7.11 Å². The monoisotopic (exact) mass is 400 g/mol. The predicted octanol–water partition coefficient (Wildman–Crippen LogP) is 7.10. The molecular formula is C24H39F3O. The van der Waals surface area contributed by atoms with Crippen LogP contribution in [-0.2, 0) is 4.74 Å². The lowest BCUT2D eigenvalue weighted by Crippen LogP contribution is -2.50. The molecule has 0 saturated heterocycles. The van der Waals surface area contributed by atoms with E-state index in [1.807, 2.05) is 7.11 Å². The van der Waals surface area contributed by atoms with E-state index in [0.717, 1.165) is 30.6 Å². The van der Waals surface area contributed by atoms with Gasteiger partial charge < -0.3 is 4.74 Å². The van der Waals surface area contributed by atoms with Crippen LogP contribution in [0.2, 0.25) is 0 Å². The highest BCUT2D eigenvalue weighted by atomic mass is 19.4. The van der Waals surface area contributed by atoms with Gasteiger partial charge in [-0.2, -0.15) is 13.2 Å². The van der Waals surface area contributed by atoms with Gasteiger partial charge in [-0.3, -0.25) is 0 Å². The molecule has 162 valence electrons. The summed E-state index contributed by atoms with van der Waals surface area (Å²) < 4.78 is 45.5. The molecule has 0 radical (unpaired) electrons. The molecule has 0 amide bonds. The molecule has 0 heterocycles. The van der Waals surface area contributed by atoms with Crippen molar-refractivity contribution in [3.8, 4) is 0 Å². The van der Waals surface area contributed by atoms with Gasteiger partial charge >= 0.3 is 6.18 Å². The van der Waals surface area contributed by atoms with Gasteiger partial charge in [-0.15, -0.1) is 0 Å². The third kappa shape index (κ3) is 3.34. The van der Waals surface area contributed by atoms with E-state index < -0.39 is 12.1 Å². The number of hydrogen-bond acceptors (Lipinski definition) is 1. The molecule has 4 fully saturated rings. The maximum absolute atomic E-state index is 13.3. The second-order valence-electron chi connectivity index (χ2n) is 11.0. The van der Waals surface area contributed by atoms with Crippen molar-refractivity contribution in [2.45, 2.75) is 90.8 Å². The van der Waals surface area contributed by atoms with Gasteiger partial charge in [0.25, 0.3) is 0 Å². The minimum absolute atomic E-state index is 0.298. The highest BCUT2D eigenvalue weighted by Crippen LogP contribution is 2.66. The normalized spacial score (nSPS) is 48.3. The van der Waals surface area contributed by atoms with Crippen molar-refractivity contribution in [3.05, 3.63) is 0 Å². The maximum atomic E-state index is 13.3. The molecule has 0 aromatic rings. The predicted molar refractivity (Wildman–Crippen MR) is 106 cm³/mol. The molecule has 0 spiro atoms. The minimum Gasteiger partial charge on any atom is -0.381 e. The molecule has 0 unspecified atom stereocenters. The summed E-state index contributed by atoms with van der Waals surface area (Å²) in [6.45, 7) is 7.11. The van der Waals surface area contributed by atoms with Crippen LogP contribution in [-0.4, -0.2) is 19.4 Å². The first-order valence-corrected chi connectivity index (χ1v) is 11.8. The standard InChI is InChI=1S/C24H39F3O/c1-14(15(2)28-4)21-9-10-22-20-7-5-16-13-17(24(25,26)27)6-8-18(16)19(20)11-12-23(21,22)3/h14-22H,5-13H2,1-4H3/t14-,15-,16-,17+,18+,19-,20-,21-,22+,23-/m1/s1. The van der Waals surface area contributed by atoms with Gasteiger partial charge in [0.05, 0.1) is 12.0 Å². The van der Waals surface area contributed by atoms with Crippen molar-refractivity contribution < 1.29 is 17.9 Å². The molecule has 0 aromatic carbocycles. The zero-order valence-electron chi connectivity index (χ0n) is 18.1. The molecular weight excluding hydrogens is 361 g/mol. The summed E-state index contributed by atoms with van der Waals surface area (Å²) in [5.41, 5.74) is 0.406. The molecule has 0 N–H and O–H groups in total. The summed E-state index contributed by atoms with van der Waals surface area (Å²) in [5.74, 6) is 3.40. The van der Waals surface area contributed by atoms with Gasteiger partial charge in [-0.1, -0.05) is 13.8 Å². The Kier molecular flexibility index (Phi) is 5.60. The summed E-state index contributed by atoms with van der Waals surface area (Å²) >= 11 is 0. The Hall–Kier alpha value is -0.250. The van der Waals surface area contributed by atoms with E-state index in [0.29, 0.717) is 48.0 Å². The summed E-state index contributed by atoms with van der Waals surface area (Å²) in [7, 11) is 1.82. The molecule has 0 aromatic heterocycles. The van der Waals surface area contributed by atoms with Gasteiger partial charge in [0.2, 0.25) is 0 Å². The number of alkyl halides is 3. The van der Waals surface area contributed by atoms with Crippen molar-refractivity contribution in [2.24, 2.45) is 52.8 Å². The van der Waals surface area contributed by atoms with E-state index >= 15 is 0 Å². The smallest absolute Gasteiger partial charge is 0.381 e. The Morgan fingerprint density at radius 1 is 0.893 bits per heavy atom. The second kappa shape index (κ2) is 7.46. The fourth-order valence-corrected chi connectivity index (χ4v) is 8.60. The summed E-state index contributed by atoms with van der Waals surface area (Å²) in [6.07, 6.45) is 5.29. The molecule has 0 bridgehead atoms. The minimum atomic E-state index is -3.99. The van der Waals surface area contributed by atoms with Crippen LogP contribution in [0, 0.1) is 52.8 Å². The topological polar surface area (TPSA) is 9.23 Å². The van der Waals surface area contributed by atoms with E-state index in [9.17, 15) is 13.2 Å². The summed E-state index contributed by atoms with van der Waals surface area (Å²) in [4.78, 5) is 0. The van der Waals surface area contributed by atoms with E-state index in [-0.39, 0.29) is 0 Å². The van der Waals surface area contributed by atoms with Gasteiger partial charge in [0.15, 0.2) is 0 Å². The van der Waals surface area contributed by atoms with E-state index in [2.05, 4.69) is 20.8 Å². The number of rotatable bonds is 3. The van der Waals surface area contributed by atoms with Crippen LogP contribution in [0.4, 0.5) is 13.2 Å². The first-order valence-electron chi connectivity index (χ1n) is 11.8. The molecule has 4 saturated carbocycles. The van der Waals surface area contributed by atoms with Crippen LogP contribution in [0.1, 0.15) is 78.6 Å². The first-order chi connectivity index (χ1) is 13.2. The molecule has 4 rings (SSSR count). The highest BCUT2D eigenvalue weighted by Gasteiger charge is 2.58. The van der Waals surface area contributed by atoms with E-state index in [4.69, 9.17) is 4.74 Å². The van der Waals surface area contributed by atoms with E-state index in [1.54, 1.807) is 0 Å². The van der Waals surface area contributed by atoms with Crippen molar-refractivity contribution in [1.82, 2.24) is 0 Å². The number of methoxy groups -OCH3 is 1. The maximum Gasteiger partial charge on any atom is 0.391 e. The van der Waals surface area contributed by atoms with Crippen molar-refractivity contribution in [3.63, 3.8) is 0 Å². The number of halogens is 3. The molecule has 0 aliphatic heterocycles. The second-order valence-corrected chi connectivity index (χ2v) is 11.0. The molecule has 10 atom stereocenters. The van der Waals surface area contributed by atoms with Crippen LogP contribution in [0.25, 0.3) is 0 Å². The number of fused-ring (bicyclic) bond motifs is 5. The average molecular weight is 401 g/mol. The lowest BCUT2D eigenvalue weighted by Gasteiger charge is -2.57. The SMILES string of the molecule is CO[C@H](C)[C@@H](C)[C@H]1CC[C@H]2[C@@H]3CC[C@@H]4C[C@@H](C(F)(F)F)CC[C@@H]4[C@H]3CC[C@]12C. The summed E-state index contributed by atoms with van der Waals surface area (Å²) in [6, 6.07) is 0. The quantitative estimate of drug-likeness (QED) is 0.491. The molecule has 4 heteroatoms. The van der Waals surface area contributed by atoms with Crippen LogP contribution < -0.4 is 0 Å². The Balaban J connectivity index is 1.48. The fourth-order valence-electron chi connectivity index (χ4n) is 8.60. The molecule has 4 aliphatic rings. The lowest BCUT2D eigenvalue weighted by molar-refractivity contribution is -0.196. The van der Waals surface area contributed by atoms with Crippen LogP contribution in [0.3, 0.4) is 0 Å². The first kappa shape index (κ1) is 21.0. The molecule has 28 heavy (non-hydrogen) atoms. The Morgan fingerprint density at radius 3 is 2.29 bits per heavy atom. The Bertz CT molecular complexity index is 561. The molecule has 4 aliphatic carbocycles. The zero-order chi connectivity index (χ0) is 20.3. The van der Waals surface area contributed by atoms with Crippen LogP contribution >= 0.6 is 0 Å². The average Bonchev–Trinajstić information content (AvgIpc) is 3.02. The van der Waals surface area contributed by atoms with E-state index in [1.165, 1.54) is 32.1 Å². The lowest BCUT2D eigenvalue weighted by atomic mass is 9.48. The third-order valence-corrected chi connectivity index (χ3v) is 10.2. The highest BCUT2D eigenvalue weighted by molar-refractivity contribution is 5.07. The zero-order valence-corrected chi connectivity index (χ0v) is 18.1.